The Bertz CT molecular complexity index is 1220. The molecule has 2 aliphatic rings. The normalized spacial score (nSPS) is 20.0. The topological polar surface area (TPSA) is 109 Å². The fraction of sp³-hybridized carbons (Fsp3) is 0.333. The first-order chi connectivity index (χ1) is 16.2. The number of anilines is 1. The summed E-state index contributed by atoms with van der Waals surface area (Å²) < 4.78 is 12.0. The van der Waals surface area contributed by atoms with Gasteiger partial charge < -0.3 is 20.1 Å². The molecule has 8 nitrogen and oxygen atoms in total. The minimum absolute atomic E-state index is 0.00608. The Morgan fingerprint density at radius 1 is 1.21 bits per heavy atom. The van der Waals surface area contributed by atoms with Gasteiger partial charge in [-0.05, 0) is 43.2 Å². The maximum Gasteiger partial charge on any atom is 0.235 e. The molecule has 1 aromatic carbocycles. The highest BCUT2D eigenvalue weighted by atomic mass is 32.2. The van der Waals surface area contributed by atoms with Gasteiger partial charge in [-0.15, -0.1) is 11.8 Å². The van der Waals surface area contributed by atoms with Gasteiger partial charge in [0.15, 0.2) is 0 Å². The van der Waals surface area contributed by atoms with Gasteiger partial charge in [0.2, 0.25) is 5.91 Å². The molecule has 3 aromatic rings. The summed E-state index contributed by atoms with van der Waals surface area (Å²) >= 11 is 1.51. The summed E-state index contributed by atoms with van der Waals surface area (Å²) in [6.45, 7) is 1.65. The quantitative estimate of drug-likeness (QED) is 0.576. The molecule has 0 spiro atoms. The summed E-state index contributed by atoms with van der Waals surface area (Å²) in [6, 6.07) is 15.6. The van der Waals surface area contributed by atoms with Crippen LogP contribution < -0.4 is 15.4 Å². The number of para-hydroxylation sites is 1. The molecule has 2 aliphatic heterocycles. The summed E-state index contributed by atoms with van der Waals surface area (Å²) in [4.78, 5) is 21.5. The van der Waals surface area contributed by atoms with Gasteiger partial charge in [0.05, 0.1) is 29.1 Å². The summed E-state index contributed by atoms with van der Waals surface area (Å²) in [7, 11) is 0. The van der Waals surface area contributed by atoms with Gasteiger partial charge in [-0.25, -0.2) is 9.97 Å². The van der Waals surface area contributed by atoms with E-state index in [1.54, 1.807) is 6.07 Å². The Kier molecular flexibility index (Phi) is 6.39. The number of nitriles is 1. The number of pyridine rings is 2. The van der Waals surface area contributed by atoms with Crippen molar-refractivity contribution < 1.29 is 14.3 Å². The summed E-state index contributed by atoms with van der Waals surface area (Å²) in [6.07, 6.45) is 1.85. The lowest BCUT2D eigenvalue weighted by Crippen LogP contribution is -2.41. The number of hydrogen-bond acceptors (Lipinski definition) is 8. The monoisotopic (exact) mass is 461 g/mol. The first kappa shape index (κ1) is 21.6. The molecule has 0 aliphatic carbocycles. The van der Waals surface area contributed by atoms with Crippen LogP contribution in [-0.4, -0.2) is 47.0 Å². The third-order valence-electron chi connectivity index (χ3n) is 5.70. The first-order valence-corrected chi connectivity index (χ1v) is 11.9. The number of hydrogen-bond donors (Lipinski definition) is 2. The standard InChI is InChI=1S/C24H23N5O3S/c25-10-16-5-4-15-2-1-3-20(23(15)27-16)32-13-19-8-6-18(12-31-19)26-11-17-7-9-21-24(28-17)29-22(30)14-33-21/h1-5,7,9,18-19,26H,6,8,11-14H2,(H,28,29,30)/t18-,19+/m1/s1. The van der Waals surface area contributed by atoms with E-state index in [4.69, 9.17) is 14.7 Å². The highest BCUT2D eigenvalue weighted by molar-refractivity contribution is 8.00. The van der Waals surface area contributed by atoms with Crippen molar-refractivity contribution in [3.05, 3.63) is 53.9 Å². The van der Waals surface area contributed by atoms with Crippen LogP contribution in [0.25, 0.3) is 10.9 Å². The van der Waals surface area contributed by atoms with E-state index in [9.17, 15) is 4.79 Å². The predicted molar refractivity (Wildman–Crippen MR) is 125 cm³/mol. The van der Waals surface area contributed by atoms with Gasteiger partial charge in [0.1, 0.15) is 35.5 Å². The smallest absolute Gasteiger partial charge is 0.235 e. The number of thioether (sulfide) groups is 1. The highest BCUT2D eigenvalue weighted by Crippen LogP contribution is 2.30. The van der Waals surface area contributed by atoms with Crippen molar-refractivity contribution in [2.75, 3.05) is 24.3 Å². The zero-order valence-electron chi connectivity index (χ0n) is 17.9. The van der Waals surface area contributed by atoms with Crippen LogP contribution in [0.3, 0.4) is 0 Å². The SMILES string of the molecule is N#Cc1ccc2cccc(OC[C@@H]3CC[C@@H](NCc4ccc5c(n4)NC(=O)CS5)CO3)c2n1. The number of carbonyl (C=O) groups excluding carboxylic acids is 1. The van der Waals surface area contributed by atoms with Gasteiger partial charge >= 0.3 is 0 Å². The minimum atomic E-state index is -0.0103. The molecular formula is C24H23N5O3S. The van der Waals surface area contributed by atoms with E-state index < -0.39 is 0 Å². The van der Waals surface area contributed by atoms with E-state index in [1.165, 1.54) is 11.8 Å². The van der Waals surface area contributed by atoms with Gasteiger partial charge in [-0.3, -0.25) is 4.79 Å². The number of fused-ring (bicyclic) bond motifs is 2. The number of benzene rings is 1. The van der Waals surface area contributed by atoms with Crippen molar-refractivity contribution in [2.45, 2.75) is 36.4 Å². The maximum atomic E-state index is 11.6. The van der Waals surface area contributed by atoms with Crippen LogP contribution in [0.4, 0.5) is 5.82 Å². The molecular weight excluding hydrogens is 438 g/mol. The molecule has 9 heteroatoms. The molecule has 0 unspecified atom stereocenters. The third kappa shape index (κ3) is 5.09. The van der Waals surface area contributed by atoms with Crippen molar-refractivity contribution in [2.24, 2.45) is 0 Å². The van der Waals surface area contributed by atoms with E-state index in [0.717, 1.165) is 28.8 Å². The van der Waals surface area contributed by atoms with Crippen LogP contribution in [-0.2, 0) is 16.1 Å². The van der Waals surface area contributed by atoms with Crippen molar-refractivity contribution in [3.8, 4) is 11.8 Å². The number of nitrogens with zero attached hydrogens (tertiary/aromatic N) is 3. The Labute approximate surface area is 195 Å². The minimum Gasteiger partial charge on any atom is -0.489 e. The molecule has 1 saturated heterocycles. The second kappa shape index (κ2) is 9.75. The van der Waals surface area contributed by atoms with E-state index in [1.807, 2.05) is 36.4 Å². The van der Waals surface area contributed by atoms with Gasteiger partial charge in [0, 0.05) is 18.0 Å². The number of nitrogens with one attached hydrogen (secondary N) is 2. The van der Waals surface area contributed by atoms with Gasteiger partial charge in [-0.2, -0.15) is 5.26 Å². The van der Waals surface area contributed by atoms with Crippen LogP contribution in [0, 0.1) is 11.3 Å². The molecule has 0 bridgehead atoms. The Hall–Kier alpha value is -3.19. The molecule has 1 fully saturated rings. The van der Waals surface area contributed by atoms with E-state index in [0.29, 0.717) is 48.3 Å². The molecule has 5 rings (SSSR count). The molecule has 4 heterocycles. The molecule has 0 radical (unpaired) electrons. The molecule has 0 saturated carbocycles. The van der Waals surface area contributed by atoms with E-state index >= 15 is 0 Å². The number of aromatic nitrogens is 2. The average Bonchev–Trinajstić information content (AvgIpc) is 2.86. The zero-order chi connectivity index (χ0) is 22.6. The largest absolute Gasteiger partial charge is 0.489 e. The molecule has 2 atom stereocenters. The molecule has 168 valence electrons. The summed E-state index contributed by atoms with van der Waals surface area (Å²) in [5.74, 6) is 1.74. The van der Waals surface area contributed by atoms with Crippen LogP contribution in [0.2, 0.25) is 0 Å². The summed E-state index contributed by atoms with van der Waals surface area (Å²) in [5, 5.41) is 16.4. The van der Waals surface area contributed by atoms with Crippen molar-refractivity contribution in [3.63, 3.8) is 0 Å². The number of ether oxygens (including phenoxy) is 2. The van der Waals surface area contributed by atoms with Crippen LogP contribution in [0.15, 0.2) is 47.4 Å². The first-order valence-electron chi connectivity index (χ1n) is 10.9. The number of carbonyl (C=O) groups is 1. The van der Waals surface area contributed by atoms with Gasteiger partial charge in [0.25, 0.3) is 0 Å². The zero-order valence-corrected chi connectivity index (χ0v) is 18.7. The van der Waals surface area contributed by atoms with Crippen molar-refractivity contribution >= 4 is 34.4 Å². The second-order valence-corrected chi connectivity index (χ2v) is 9.06. The van der Waals surface area contributed by atoms with Crippen LogP contribution in [0.5, 0.6) is 5.75 Å². The van der Waals surface area contributed by atoms with Gasteiger partial charge in [-0.1, -0.05) is 12.1 Å². The summed E-state index contributed by atoms with van der Waals surface area (Å²) in [5.41, 5.74) is 1.96. The average molecular weight is 462 g/mol. The maximum absolute atomic E-state index is 11.6. The molecule has 2 N–H and O–H groups in total. The van der Waals surface area contributed by atoms with Crippen molar-refractivity contribution in [1.82, 2.24) is 15.3 Å². The number of rotatable bonds is 6. The molecule has 33 heavy (non-hydrogen) atoms. The Balaban J connectivity index is 1.11. The van der Waals surface area contributed by atoms with E-state index in [2.05, 4.69) is 26.7 Å². The fourth-order valence-corrected chi connectivity index (χ4v) is 4.69. The van der Waals surface area contributed by atoms with Crippen LogP contribution >= 0.6 is 11.8 Å². The lowest BCUT2D eigenvalue weighted by molar-refractivity contribution is -0.113. The highest BCUT2D eigenvalue weighted by Gasteiger charge is 2.23. The lowest BCUT2D eigenvalue weighted by Gasteiger charge is -2.29. The molecule has 1 amide bonds. The van der Waals surface area contributed by atoms with Crippen LogP contribution in [0.1, 0.15) is 24.2 Å². The second-order valence-electron chi connectivity index (χ2n) is 8.04. The fourth-order valence-electron chi connectivity index (χ4n) is 3.93. The predicted octanol–water partition coefficient (Wildman–Crippen LogP) is 3.26. The molecule has 2 aromatic heterocycles. The third-order valence-corrected chi connectivity index (χ3v) is 6.74. The van der Waals surface area contributed by atoms with E-state index in [-0.39, 0.29) is 18.1 Å². The lowest BCUT2D eigenvalue weighted by atomic mass is 10.1. The van der Waals surface area contributed by atoms with Crippen molar-refractivity contribution in [1.29, 1.82) is 5.26 Å². The Morgan fingerprint density at radius 2 is 2.15 bits per heavy atom. The Morgan fingerprint density at radius 3 is 3.00 bits per heavy atom. The number of amides is 1.